The molecule has 2 aromatic rings. The third kappa shape index (κ3) is 3.12. The molecule has 7 nitrogen and oxygen atoms in total. The average Bonchev–Trinajstić information content (AvgIpc) is 3.18. The standard InChI is InChI=1S/C19H18ClN3O4S/c1-22(10-12-6-7-15(20)28-12)16(24)11-23-17(25)19(21-18(23)26)8-9-27-14-5-3-2-4-13(14)19/h2-7H,8-11H2,1H3,(H,21,26)/t19-/m0/s1. The lowest BCUT2D eigenvalue weighted by molar-refractivity contribution is -0.139. The molecular weight excluding hydrogens is 402 g/mol. The second-order valence-corrected chi connectivity index (χ2v) is 8.58. The maximum absolute atomic E-state index is 13.2. The Labute approximate surface area is 170 Å². The number of amides is 4. The molecule has 28 heavy (non-hydrogen) atoms. The van der Waals surface area contributed by atoms with E-state index in [0.29, 0.717) is 35.2 Å². The lowest BCUT2D eigenvalue weighted by Crippen LogP contribution is -2.48. The normalized spacial score (nSPS) is 20.7. The number of carbonyl (C=O) groups excluding carboxylic acids is 3. The fourth-order valence-electron chi connectivity index (χ4n) is 3.53. The van der Waals surface area contributed by atoms with Crippen LogP contribution < -0.4 is 10.1 Å². The van der Waals surface area contributed by atoms with E-state index in [-0.39, 0.29) is 12.5 Å². The Kier molecular flexibility index (Phi) is 4.76. The minimum absolute atomic E-state index is 0.309. The van der Waals surface area contributed by atoms with Gasteiger partial charge in [-0.2, -0.15) is 0 Å². The van der Waals surface area contributed by atoms with Crippen LogP contribution in [0.5, 0.6) is 5.75 Å². The summed E-state index contributed by atoms with van der Waals surface area (Å²) in [6, 6.07) is 10.2. The van der Waals surface area contributed by atoms with Gasteiger partial charge < -0.3 is 15.0 Å². The number of nitrogens with zero attached hydrogens (tertiary/aromatic N) is 2. The van der Waals surface area contributed by atoms with Crippen LogP contribution in [0.15, 0.2) is 36.4 Å². The Morgan fingerprint density at radius 2 is 2.11 bits per heavy atom. The zero-order valence-electron chi connectivity index (χ0n) is 15.1. The van der Waals surface area contributed by atoms with E-state index in [2.05, 4.69) is 5.32 Å². The van der Waals surface area contributed by atoms with E-state index in [9.17, 15) is 14.4 Å². The van der Waals surface area contributed by atoms with Crippen molar-refractivity contribution in [2.75, 3.05) is 20.2 Å². The largest absolute Gasteiger partial charge is 0.493 e. The minimum Gasteiger partial charge on any atom is -0.493 e. The summed E-state index contributed by atoms with van der Waals surface area (Å²) in [6.07, 6.45) is 0.322. The smallest absolute Gasteiger partial charge is 0.325 e. The van der Waals surface area contributed by atoms with Gasteiger partial charge in [-0.25, -0.2) is 4.79 Å². The molecule has 0 aliphatic carbocycles. The molecule has 2 aliphatic rings. The third-order valence-corrected chi connectivity index (χ3v) is 6.21. The Bertz CT molecular complexity index is 962. The summed E-state index contributed by atoms with van der Waals surface area (Å²) in [4.78, 5) is 41.7. The summed E-state index contributed by atoms with van der Waals surface area (Å²) < 4.78 is 6.25. The average molecular weight is 420 g/mol. The van der Waals surface area contributed by atoms with Gasteiger partial charge in [-0.15, -0.1) is 11.3 Å². The molecule has 1 aromatic carbocycles. The van der Waals surface area contributed by atoms with Crippen LogP contribution in [0.1, 0.15) is 16.9 Å². The highest BCUT2D eigenvalue weighted by Crippen LogP contribution is 2.40. The molecule has 0 bridgehead atoms. The number of hydrogen-bond acceptors (Lipinski definition) is 5. The number of carbonyl (C=O) groups is 3. The van der Waals surface area contributed by atoms with Gasteiger partial charge in [0, 0.05) is 23.9 Å². The second-order valence-electron chi connectivity index (χ2n) is 6.78. The zero-order chi connectivity index (χ0) is 19.9. The van der Waals surface area contributed by atoms with Gasteiger partial charge in [0.2, 0.25) is 5.91 Å². The van der Waals surface area contributed by atoms with Crippen molar-refractivity contribution in [1.82, 2.24) is 15.1 Å². The van der Waals surface area contributed by atoms with E-state index in [4.69, 9.17) is 16.3 Å². The first-order valence-corrected chi connectivity index (χ1v) is 9.95. The molecule has 0 saturated carbocycles. The van der Waals surface area contributed by atoms with Crippen molar-refractivity contribution >= 4 is 40.8 Å². The van der Waals surface area contributed by atoms with Crippen molar-refractivity contribution in [3.8, 4) is 5.75 Å². The quantitative estimate of drug-likeness (QED) is 0.772. The van der Waals surface area contributed by atoms with Crippen LogP contribution in [0, 0.1) is 0 Å². The molecule has 1 spiro atoms. The van der Waals surface area contributed by atoms with Crippen LogP contribution in [0.3, 0.4) is 0 Å². The van der Waals surface area contributed by atoms with Crippen molar-refractivity contribution in [3.05, 3.63) is 51.2 Å². The zero-order valence-corrected chi connectivity index (χ0v) is 16.7. The van der Waals surface area contributed by atoms with Gasteiger partial charge >= 0.3 is 6.03 Å². The molecule has 4 rings (SSSR count). The van der Waals surface area contributed by atoms with Crippen LogP contribution in [0.25, 0.3) is 0 Å². The summed E-state index contributed by atoms with van der Waals surface area (Å²) in [6.45, 7) is 0.358. The highest BCUT2D eigenvalue weighted by molar-refractivity contribution is 7.16. The van der Waals surface area contributed by atoms with Crippen LogP contribution in [0.2, 0.25) is 4.34 Å². The Hall–Kier alpha value is -2.58. The molecule has 0 radical (unpaired) electrons. The van der Waals surface area contributed by atoms with E-state index in [1.165, 1.54) is 16.2 Å². The Balaban J connectivity index is 1.51. The summed E-state index contributed by atoms with van der Waals surface area (Å²) in [7, 11) is 1.63. The molecule has 1 atom stereocenters. The number of rotatable bonds is 4. The maximum Gasteiger partial charge on any atom is 0.325 e. The molecule has 9 heteroatoms. The van der Waals surface area contributed by atoms with Gasteiger partial charge in [-0.3, -0.25) is 14.5 Å². The van der Waals surface area contributed by atoms with E-state index in [1.54, 1.807) is 31.3 Å². The van der Waals surface area contributed by atoms with Crippen LogP contribution in [0.4, 0.5) is 4.79 Å². The van der Waals surface area contributed by atoms with Gasteiger partial charge in [0.05, 0.1) is 17.5 Å². The summed E-state index contributed by atoms with van der Waals surface area (Å²) >= 11 is 7.31. The van der Waals surface area contributed by atoms with Crippen LogP contribution in [-0.4, -0.2) is 47.8 Å². The number of halogens is 1. The number of para-hydroxylation sites is 1. The Morgan fingerprint density at radius 3 is 2.86 bits per heavy atom. The van der Waals surface area contributed by atoms with E-state index >= 15 is 0 Å². The van der Waals surface area contributed by atoms with Crippen molar-refractivity contribution in [2.45, 2.75) is 18.5 Å². The van der Waals surface area contributed by atoms with Gasteiger partial charge in [-0.05, 0) is 18.2 Å². The minimum atomic E-state index is -1.17. The van der Waals surface area contributed by atoms with E-state index < -0.39 is 17.5 Å². The maximum atomic E-state index is 13.2. The molecule has 1 saturated heterocycles. The SMILES string of the molecule is CN(Cc1ccc(Cl)s1)C(=O)CN1C(=O)N[C@]2(CCOc3ccccc32)C1=O. The molecule has 0 unspecified atom stereocenters. The number of hydrogen-bond donors (Lipinski definition) is 1. The molecular formula is C19H18ClN3O4S. The van der Waals surface area contributed by atoms with Crippen molar-refractivity contribution in [1.29, 1.82) is 0 Å². The van der Waals surface area contributed by atoms with Crippen molar-refractivity contribution in [3.63, 3.8) is 0 Å². The second kappa shape index (κ2) is 7.10. The topological polar surface area (TPSA) is 79.0 Å². The number of thiophene rings is 1. The number of benzene rings is 1. The van der Waals surface area contributed by atoms with Gasteiger partial charge in [0.1, 0.15) is 12.3 Å². The van der Waals surface area contributed by atoms with E-state index in [0.717, 1.165) is 9.78 Å². The molecule has 3 heterocycles. The molecule has 4 amide bonds. The van der Waals surface area contributed by atoms with Gasteiger partial charge in [-0.1, -0.05) is 29.8 Å². The molecule has 1 aromatic heterocycles. The lowest BCUT2D eigenvalue weighted by Gasteiger charge is -2.33. The summed E-state index contributed by atoms with van der Waals surface area (Å²) in [5.74, 6) is -0.179. The lowest BCUT2D eigenvalue weighted by atomic mass is 9.84. The van der Waals surface area contributed by atoms with Crippen LogP contribution in [-0.2, 0) is 21.7 Å². The number of imide groups is 1. The number of fused-ring (bicyclic) bond motifs is 2. The number of urea groups is 1. The van der Waals surface area contributed by atoms with Crippen LogP contribution >= 0.6 is 22.9 Å². The first kappa shape index (κ1) is 18.8. The molecule has 2 aliphatic heterocycles. The highest BCUT2D eigenvalue weighted by atomic mass is 35.5. The molecule has 1 N–H and O–H groups in total. The van der Waals surface area contributed by atoms with E-state index in [1.807, 2.05) is 12.1 Å². The molecule has 1 fully saturated rings. The van der Waals surface area contributed by atoms with Gasteiger partial charge in [0.25, 0.3) is 5.91 Å². The van der Waals surface area contributed by atoms with Gasteiger partial charge in [0.15, 0.2) is 5.54 Å². The number of nitrogens with one attached hydrogen (secondary N) is 1. The predicted octanol–water partition coefficient (Wildman–Crippen LogP) is 2.59. The highest BCUT2D eigenvalue weighted by Gasteiger charge is 2.55. The summed E-state index contributed by atoms with van der Waals surface area (Å²) in [5.41, 5.74) is -0.553. The van der Waals surface area contributed by atoms with Crippen molar-refractivity contribution in [2.24, 2.45) is 0 Å². The molecule has 146 valence electrons. The Morgan fingerprint density at radius 1 is 1.32 bits per heavy atom. The summed E-state index contributed by atoms with van der Waals surface area (Å²) in [5, 5.41) is 2.79. The third-order valence-electron chi connectivity index (χ3n) is 5.00. The number of ether oxygens (including phenoxy) is 1. The predicted molar refractivity (Wildman–Crippen MR) is 104 cm³/mol. The number of likely N-dealkylation sites (N-methyl/N-ethyl adjacent to an activating group) is 1. The fraction of sp³-hybridized carbons (Fsp3) is 0.316. The monoisotopic (exact) mass is 419 g/mol. The van der Waals surface area contributed by atoms with Crippen molar-refractivity contribution < 1.29 is 19.1 Å². The first-order chi connectivity index (χ1) is 13.4. The first-order valence-electron chi connectivity index (χ1n) is 8.75. The fourth-order valence-corrected chi connectivity index (χ4v) is 4.67.